The molecule has 3 aromatic rings. The van der Waals surface area contributed by atoms with Gasteiger partial charge in [0.1, 0.15) is 11.6 Å². The molecular formula is C20H18F2N2O. The van der Waals surface area contributed by atoms with Gasteiger partial charge in [0, 0.05) is 23.6 Å². The second kappa shape index (κ2) is 5.99. The van der Waals surface area contributed by atoms with Crippen molar-refractivity contribution in [2.24, 2.45) is 0 Å². The first kappa shape index (κ1) is 15.8. The molecule has 3 nitrogen and oxygen atoms in total. The van der Waals surface area contributed by atoms with Gasteiger partial charge in [-0.3, -0.25) is 4.79 Å². The van der Waals surface area contributed by atoms with Gasteiger partial charge in [-0.1, -0.05) is 18.2 Å². The molecule has 2 aromatic carbocycles. The van der Waals surface area contributed by atoms with Crippen LogP contribution in [0.4, 0.5) is 8.78 Å². The van der Waals surface area contributed by atoms with Crippen molar-refractivity contribution in [3.05, 3.63) is 71.4 Å². The van der Waals surface area contributed by atoms with Gasteiger partial charge < -0.3 is 10.3 Å². The maximum atomic E-state index is 13.6. The molecule has 1 saturated carbocycles. The second-order valence-electron chi connectivity index (χ2n) is 6.57. The minimum atomic E-state index is -0.550. The summed E-state index contributed by atoms with van der Waals surface area (Å²) in [5.74, 6) is -0.606. The van der Waals surface area contributed by atoms with Crippen molar-refractivity contribution in [3.8, 4) is 0 Å². The van der Waals surface area contributed by atoms with Gasteiger partial charge in [-0.25, -0.2) is 8.78 Å². The van der Waals surface area contributed by atoms with Crippen molar-refractivity contribution in [2.75, 3.05) is 6.54 Å². The number of aromatic nitrogens is 1. The molecule has 4 rings (SSSR count). The first-order chi connectivity index (χ1) is 12.1. The van der Waals surface area contributed by atoms with Crippen LogP contribution in [0, 0.1) is 11.6 Å². The largest absolute Gasteiger partial charge is 0.361 e. The molecule has 0 spiro atoms. The van der Waals surface area contributed by atoms with Gasteiger partial charge in [-0.05, 0) is 54.7 Å². The lowest BCUT2D eigenvalue weighted by molar-refractivity contribution is -0.123. The average molecular weight is 340 g/mol. The fourth-order valence-electron chi connectivity index (χ4n) is 3.42. The molecule has 1 aromatic heterocycles. The Morgan fingerprint density at radius 3 is 2.72 bits per heavy atom. The maximum absolute atomic E-state index is 13.6. The summed E-state index contributed by atoms with van der Waals surface area (Å²) >= 11 is 0. The quantitative estimate of drug-likeness (QED) is 0.728. The van der Waals surface area contributed by atoms with E-state index in [4.69, 9.17) is 0 Å². The number of H-pyrrole nitrogens is 1. The van der Waals surface area contributed by atoms with Gasteiger partial charge in [-0.15, -0.1) is 0 Å². The Balaban J connectivity index is 1.48. The third-order valence-corrected chi connectivity index (χ3v) is 4.98. The highest BCUT2D eigenvalue weighted by Gasteiger charge is 2.52. The lowest BCUT2D eigenvalue weighted by Crippen LogP contribution is -2.35. The van der Waals surface area contributed by atoms with Gasteiger partial charge >= 0.3 is 0 Å². The smallest absolute Gasteiger partial charge is 0.230 e. The summed E-state index contributed by atoms with van der Waals surface area (Å²) in [5.41, 5.74) is 1.65. The second-order valence-corrected chi connectivity index (χ2v) is 6.57. The van der Waals surface area contributed by atoms with Crippen LogP contribution >= 0.6 is 0 Å². The summed E-state index contributed by atoms with van der Waals surface area (Å²) in [6.45, 7) is 0.387. The topological polar surface area (TPSA) is 44.9 Å². The van der Waals surface area contributed by atoms with Crippen LogP contribution in [0.15, 0.2) is 48.7 Å². The van der Waals surface area contributed by atoms with Crippen LogP contribution in [0.1, 0.15) is 24.0 Å². The lowest BCUT2D eigenvalue weighted by atomic mass is 9.94. The van der Waals surface area contributed by atoms with Gasteiger partial charge in [0.25, 0.3) is 0 Å². The Morgan fingerprint density at radius 1 is 1.16 bits per heavy atom. The molecule has 0 bridgehead atoms. The van der Waals surface area contributed by atoms with E-state index >= 15 is 0 Å². The number of benzene rings is 2. The first-order valence-electron chi connectivity index (χ1n) is 8.39. The van der Waals surface area contributed by atoms with Gasteiger partial charge in [0.15, 0.2) is 0 Å². The standard InChI is InChI=1S/C20H18F2N2O/c21-14-5-6-15-16(12-24-18(15)11-14)20(8-9-20)19(25)23-10-7-13-3-1-2-4-17(13)22/h1-6,11-12,24H,7-10H2,(H,23,25). The van der Waals surface area contributed by atoms with Crippen molar-refractivity contribution in [1.82, 2.24) is 10.3 Å². The lowest BCUT2D eigenvalue weighted by Gasteiger charge is -2.15. The molecule has 1 amide bonds. The molecule has 2 N–H and O–H groups in total. The molecule has 0 atom stereocenters. The minimum Gasteiger partial charge on any atom is -0.361 e. The number of nitrogens with one attached hydrogen (secondary N) is 2. The molecular weight excluding hydrogens is 322 g/mol. The van der Waals surface area contributed by atoms with E-state index in [9.17, 15) is 13.6 Å². The number of carbonyl (C=O) groups is 1. The summed E-state index contributed by atoms with van der Waals surface area (Å²) in [7, 11) is 0. The molecule has 0 radical (unpaired) electrons. The minimum absolute atomic E-state index is 0.0472. The Kier molecular flexibility index (Phi) is 3.79. The van der Waals surface area contributed by atoms with Crippen molar-refractivity contribution in [3.63, 3.8) is 0 Å². The molecule has 1 aliphatic rings. The zero-order valence-electron chi connectivity index (χ0n) is 13.6. The van der Waals surface area contributed by atoms with Crippen molar-refractivity contribution >= 4 is 16.8 Å². The van der Waals surface area contributed by atoms with E-state index in [1.807, 2.05) is 0 Å². The number of halogens is 2. The SMILES string of the molecule is O=C(NCCc1ccccc1F)C1(c2c[nH]c3cc(F)ccc23)CC1. The molecule has 1 fully saturated rings. The molecule has 0 saturated heterocycles. The van der Waals surface area contributed by atoms with E-state index in [-0.39, 0.29) is 17.5 Å². The number of aromatic amines is 1. The van der Waals surface area contributed by atoms with Crippen molar-refractivity contribution in [1.29, 1.82) is 0 Å². The number of hydrogen-bond acceptors (Lipinski definition) is 1. The molecule has 25 heavy (non-hydrogen) atoms. The summed E-state index contributed by atoms with van der Waals surface area (Å²) in [4.78, 5) is 15.8. The van der Waals surface area contributed by atoms with Crippen LogP contribution in [-0.4, -0.2) is 17.4 Å². The van der Waals surface area contributed by atoms with E-state index in [0.29, 0.717) is 24.0 Å². The Bertz CT molecular complexity index is 944. The zero-order valence-corrected chi connectivity index (χ0v) is 13.6. The average Bonchev–Trinajstić information content (AvgIpc) is 3.30. The highest BCUT2D eigenvalue weighted by atomic mass is 19.1. The van der Waals surface area contributed by atoms with Crippen molar-refractivity contribution < 1.29 is 13.6 Å². The molecule has 0 aliphatic heterocycles. The molecule has 5 heteroatoms. The third-order valence-electron chi connectivity index (χ3n) is 4.98. The zero-order chi connectivity index (χ0) is 17.4. The predicted octanol–water partition coefficient (Wildman–Crippen LogP) is 3.84. The molecule has 1 aliphatic carbocycles. The maximum Gasteiger partial charge on any atom is 0.230 e. The Morgan fingerprint density at radius 2 is 1.96 bits per heavy atom. The number of amides is 1. The number of carbonyl (C=O) groups excluding carboxylic acids is 1. The monoisotopic (exact) mass is 340 g/mol. The molecule has 0 unspecified atom stereocenters. The number of rotatable bonds is 5. The van der Waals surface area contributed by atoms with Crippen LogP contribution in [0.2, 0.25) is 0 Å². The highest BCUT2D eigenvalue weighted by Crippen LogP contribution is 2.50. The predicted molar refractivity (Wildman–Crippen MR) is 92.3 cm³/mol. The van der Waals surface area contributed by atoms with Gasteiger partial charge in [0.2, 0.25) is 5.91 Å². The summed E-state index contributed by atoms with van der Waals surface area (Å²) in [5, 5.41) is 3.81. The van der Waals surface area contributed by atoms with Crippen LogP contribution in [0.25, 0.3) is 10.9 Å². The molecule has 1 heterocycles. The molecule has 128 valence electrons. The van der Waals surface area contributed by atoms with Gasteiger partial charge in [-0.2, -0.15) is 0 Å². The van der Waals surface area contributed by atoms with Crippen LogP contribution in [0.3, 0.4) is 0 Å². The van der Waals surface area contributed by atoms with Gasteiger partial charge in [0.05, 0.1) is 5.41 Å². The third kappa shape index (κ3) is 2.80. The van der Waals surface area contributed by atoms with E-state index in [0.717, 1.165) is 23.8 Å². The van der Waals surface area contributed by atoms with Crippen LogP contribution in [0.5, 0.6) is 0 Å². The highest BCUT2D eigenvalue weighted by molar-refractivity contribution is 5.97. The normalized spacial score (nSPS) is 15.3. The Labute approximate surface area is 144 Å². The van der Waals surface area contributed by atoms with Crippen LogP contribution < -0.4 is 5.32 Å². The number of hydrogen-bond donors (Lipinski definition) is 2. The Hall–Kier alpha value is -2.69. The van der Waals surface area contributed by atoms with E-state index in [1.165, 1.54) is 18.2 Å². The summed E-state index contributed by atoms with van der Waals surface area (Å²) in [6.07, 6.45) is 3.78. The van der Waals surface area contributed by atoms with E-state index in [2.05, 4.69) is 10.3 Å². The van der Waals surface area contributed by atoms with E-state index in [1.54, 1.807) is 30.5 Å². The fraction of sp³-hybridized carbons (Fsp3) is 0.250. The summed E-state index contributed by atoms with van der Waals surface area (Å²) < 4.78 is 27.0. The van der Waals surface area contributed by atoms with Crippen molar-refractivity contribution in [2.45, 2.75) is 24.7 Å². The first-order valence-corrected chi connectivity index (χ1v) is 8.39. The van der Waals surface area contributed by atoms with E-state index < -0.39 is 5.41 Å². The number of fused-ring (bicyclic) bond motifs is 1. The van der Waals surface area contributed by atoms with Crippen LogP contribution in [-0.2, 0) is 16.6 Å². The summed E-state index contributed by atoms with van der Waals surface area (Å²) in [6, 6.07) is 11.1. The fourth-order valence-corrected chi connectivity index (χ4v) is 3.42.